The van der Waals surface area contributed by atoms with Crippen LogP contribution in [0.25, 0.3) is 0 Å². The van der Waals surface area contributed by atoms with E-state index in [1.807, 2.05) is 30.3 Å². The number of benzene rings is 1. The van der Waals surface area contributed by atoms with Crippen LogP contribution in [0.3, 0.4) is 0 Å². The fourth-order valence-corrected chi connectivity index (χ4v) is 3.20. The number of methoxy groups -OCH3 is 1. The molecule has 0 spiro atoms. The van der Waals surface area contributed by atoms with Crippen molar-refractivity contribution in [1.29, 1.82) is 0 Å². The number of amides is 1. The van der Waals surface area contributed by atoms with Gasteiger partial charge in [-0.3, -0.25) is 0 Å². The quantitative estimate of drug-likeness (QED) is 0.256. The molecule has 1 amide bonds. The Bertz CT molecular complexity index is 784. The molecule has 0 heterocycles. The number of carboxylic acid groups (broad SMARTS) is 1. The molecule has 8 heteroatoms. The molecule has 2 N–H and O–H groups in total. The van der Waals surface area contributed by atoms with Gasteiger partial charge in [-0.25, -0.2) is 9.59 Å². The third-order valence-electron chi connectivity index (χ3n) is 5.22. The second-order valence-corrected chi connectivity index (χ2v) is 10.0. The van der Waals surface area contributed by atoms with Crippen LogP contribution in [0.2, 0.25) is 0 Å². The highest BCUT2D eigenvalue weighted by Crippen LogP contribution is 2.21. The smallest absolute Gasteiger partial charge is 0.408 e. The maximum atomic E-state index is 11.9. The van der Waals surface area contributed by atoms with E-state index in [0.29, 0.717) is 12.5 Å². The van der Waals surface area contributed by atoms with Crippen molar-refractivity contribution in [3.63, 3.8) is 0 Å². The molecule has 0 bridgehead atoms. The molecule has 0 aliphatic carbocycles. The average Bonchev–Trinajstić information content (AvgIpc) is 2.77. The third-order valence-corrected chi connectivity index (χ3v) is 5.22. The zero-order chi connectivity index (χ0) is 26.4. The van der Waals surface area contributed by atoms with Gasteiger partial charge in [-0.05, 0) is 57.7 Å². The van der Waals surface area contributed by atoms with Gasteiger partial charge in [0.2, 0.25) is 0 Å². The minimum Gasteiger partial charge on any atom is -0.497 e. The van der Waals surface area contributed by atoms with Crippen LogP contribution in [0.5, 0.6) is 5.75 Å². The molecule has 1 aromatic rings. The normalized spacial score (nSPS) is 14.5. The standard InChI is InChI=1S/C27H43NO7/c1-19(2)10-13-22(20(3)34-17-21-11-14-23(32-7)15-12-21)9-8-16-33-18-24(25(29)30)28-26(31)35-27(4,5)6/h8-9,11-12,14-15,19-20,22,24H,10,13,16-18H2,1-7H3,(H,28,31)(H,29,30)/b9-8+/t20-,22-,24?/m0/s1. The number of hydrogen-bond acceptors (Lipinski definition) is 6. The first kappa shape index (κ1) is 30.5. The Kier molecular flexibility index (Phi) is 13.4. The molecule has 0 saturated heterocycles. The van der Waals surface area contributed by atoms with Crippen molar-refractivity contribution in [2.75, 3.05) is 20.3 Å². The topological polar surface area (TPSA) is 103 Å². The highest BCUT2D eigenvalue weighted by atomic mass is 16.6. The van der Waals surface area contributed by atoms with Crippen LogP contribution < -0.4 is 10.1 Å². The van der Waals surface area contributed by atoms with Gasteiger partial charge in [-0.1, -0.05) is 44.6 Å². The summed E-state index contributed by atoms with van der Waals surface area (Å²) in [6.45, 7) is 12.1. The lowest BCUT2D eigenvalue weighted by Crippen LogP contribution is -2.46. The van der Waals surface area contributed by atoms with Crippen molar-refractivity contribution < 1.29 is 33.6 Å². The van der Waals surface area contributed by atoms with Crippen molar-refractivity contribution >= 4 is 12.1 Å². The molecule has 0 aromatic heterocycles. The Balaban J connectivity index is 2.59. The van der Waals surface area contributed by atoms with Crippen LogP contribution in [-0.4, -0.2) is 55.2 Å². The summed E-state index contributed by atoms with van der Waals surface area (Å²) in [6, 6.07) is 6.62. The summed E-state index contributed by atoms with van der Waals surface area (Å²) in [6.07, 6.45) is 5.18. The number of carbonyl (C=O) groups is 2. The highest BCUT2D eigenvalue weighted by molar-refractivity contribution is 5.80. The van der Waals surface area contributed by atoms with Crippen molar-refractivity contribution in [3.05, 3.63) is 42.0 Å². The SMILES string of the molecule is COc1ccc(CO[C@@H](C)[C@@H](/C=C/COCC(NC(=O)OC(C)(C)C)C(=O)O)CCC(C)C)cc1. The van der Waals surface area contributed by atoms with Crippen LogP contribution in [-0.2, 0) is 25.6 Å². The first-order chi connectivity index (χ1) is 16.4. The van der Waals surface area contributed by atoms with Gasteiger partial charge in [0.05, 0.1) is 33.0 Å². The summed E-state index contributed by atoms with van der Waals surface area (Å²) < 4.78 is 21.9. The Hall–Kier alpha value is -2.58. The second-order valence-electron chi connectivity index (χ2n) is 10.0. The lowest BCUT2D eigenvalue weighted by molar-refractivity contribution is -0.141. The van der Waals surface area contributed by atoms with Crippen LogP contribution in [0, 0.1) is 11.8 Å². The van der Waals surface area contributed by atoms with E-state index in [4.69, 9.17) is 18.9 Å². The van der Waals surface area contributed by atoms with Gasteiger partial charge >= 0.3 is 12.1 Å². The van der Waals surface area contributed by atoms with Gasteiger partial charge in [0.1, 0.15) is 11.4 Å². The minimum absolute atomic E-state index is 0.00675. The zero-order valence-electron chi connectivity index (χ0n) is 22.2. The molecule has 0 saturated carbocycles. The molecule has 35 heavy (non-hydrogen) atoms. The number of aliphatic carboxylic acids is 1. The van der Waals surface area contributed by atoms with Crippen LogP contribution >= 0.6 is 0 Å². The summed E-state index contributed by atoms with van der Waals surface area (Å²) in [4.78, 5) is 23.3. The van der Waals surface area contributed by atoms with E-state index in [9.17, 15) is 14.7 Å². The van der Waals surface area contributed by atoms with Crippen molar-refractivity contribution in [2.24, 2.45) is 11.8 Å². The fraction of sp³-hybridized carbons (Fsp3) is 0.630. The fourth-order valence-electron chi connectivity index (χ4n) is 3.20. The molecule has 1 rings (SSSR count). The van der Waals surface area contributed by atoms with Crippen molar-refractivity contribution in [3.8, 4) is 5.75 Å². The molecule has 0 fully saturated rings. The Labute approximate surface area is 210 Å². The van der Waals surface area contributed by atoms with Gasteiger partial charge in [-0.2, -0.15) is 0 Å². The van der Waals surface area contributed by atoms with Crippen molar-refractivity contribution in [2.45, 2.75) is 78.7 Å². The van der Waals surface area contributed by atoms with Crippen molar-refractivity contribution in [1.82, 2.24) is 5.32 Å². The minimum atomic E-state index is -1.19. The summed E-state index contributed by atoms with van der Waals surface area (Å²) in [5, 5.41) is 11.7. The first-order valence-corrected chi connectivity index (χ1v) is 12.1. The summed E-state index contributed by atoms with van der Waals surface area (Å²) in [5.41, 5.74) is 0.359. The highest BCUT2D eigenvalue weighted by Gasteiger charge is 2.24. The molecule has 3 atom stereocenters. The van der Waals surface area contributed by atoms with E-state index in [0.717, 1.165) is 24.2 Å². The zero-order valence-corrected chi connectivity index (χ0v) is 22.2. The lowest BCUT2D eigenvalue weighted by atomic mass is 9.93. The number of alkyl carbamates (subject to hydrolysis) is 1. The average molecular weight is 494 g/mol. The van der Waals surface area contributed by atoms with Gasteiger partial charge < -0.3 is 29.4 Å². The van der Waals surface area contributed by atoms with Crippen LogP contribution in [0.1, 0.15) is 59.9 Å². The monoisotopic (exact) mass is 493 g/mol. The van der Waals surface area contributed by atoms with E-state index in [-0.39, 0.29) is 25.2 Å². The summed E-state index contributed by atoms with van der Waals surface area (Å²) in [7, 11) is 1.64. The summed E-state index contributed by atoms with van der Waals surface area (Å²) in [5.74, 6) is 0.391. The molecule has 0 radical (unpaired) electrons. The number of nitrogens with one attached hydrogen (secondary N) is 1. The molecule has 8 nitrogen and oxygen atoms in total. The van der Waals surface area contributed by atoms with Gasteiger partial charge in [0.15, 0.2) is 6.04 Å². The second kappa shape index (κ2) is 15.4. The predicted octanol–water partition coefficient (Wildman–Crippen LogP) is 5.20. The molecule has 198 valence electrons. The largest absolute Gasteiger partial charge is 0.497 e. The molecule has 1 unspecified atom stereocenters. The Morgan fingerprint density at radius 3 is 2.29 bits per heavy atom. The van der Waals surface area contributed by atoms with E-state index in [1.54, 1.807) is 27.9 Å². The van der Waals surface area contributed by atoms with E-state index < -0.39 is 23.7 Å². The molecule has 0 aliphatic heterocycles. The number of rotatable bonds is 15. The van der Waals surface area contributed by atoms with Gasteiger partial charge in [-0.15, -0.1) is 0 Å². The molecular formula is C27H43NO7. The predicted molar refractivity (Wildman–Crippen MR) is 136 cm³/mol. The van der Waals surface area contributed by atoms with Crippen LogP contribution in [0.15, 0.2) is 36.4 Å². The van der Waals surface area contributed by atoms with E-state index in [1.165, 1.54) is 0 Å². The maximum Gasteiger partial charge on any atom is 0.408 e. The third kappa shape index (κ3) is 13.8. The molecule has 1 aromatic carbocycles. The van der Waals surface area contributed by atoms with E-state index >= 15 is 0 Å². The molecule has 0 aliphatic rings. The van der Waals surface area contributed by atoms with Gasteiger partial charge in [0, 0.05) is 5.92 Å². The number of carbonyl (C=O) groups excluding carboxylic acids is 1. The molecular weight excluding hydrogens is 450 g/mol. The number of ether oxygens (including phenoxy) is 4. The first-order valence-electron chi connectivity index (χ1n) is 12.1. The van der Waals surface area contributed by atoms with Crippen LogP contribution in [0.4, 0.5) is 4.79 Å². The number of hydrogen-bond donors (Lipinski definition) is 2. The maximum absolute atomic E-state index is 11.9. The number of carboxylic acids is 1. The Morgan fingerprint density at radius 2 is 1.74 bits per heavy atom. The Morgan fingerprint density at radius 1 is 1.09 bits per heavy atom. The van der Waals surface area contributed by atoms with Gasteiger partial charge in [0.25, 0.3) is 0 Å². The van der Waals surface area contributed by atoms with E-state index in [2.05, 4.69) is 32.2 Å². The summed E-state index contributed by atoms with van der Waals surface area (Å²) >= 11 is 0. The lowest BCUT2D eigenvalue weighted by Gasteiger charge is -2.23.